The van der Waals surface area contributed by atoms with Gasteiger partial charge in [-0.3, -0.25) is 14.5 Å². The van der Waals surface area contributed by atoms with E-state index >= 15 is 0 Å². The minimum absolute atomic E-state index is 0.282. The fourth-order valence-corrected chi connectivity index (χ4v) is 4.38. The first-order valence-electron chi connectivity index (χ1n) is 10.2. The van der Waals surface area contributed by atoms with Crippen molar-refractivity contribution >= 4 is 17.4 Å². The van der Waals surface area contributed by atoms with Gasteiger partial charge < -0.3 is 15.7 Å². The van der Waals surface area contributed by atoms with Crippen LogP contribution in [0.4, 0.5) is 32.0 Å². The van der Waals surface area contributed by atoms with Gasteiger partial charge in [-0.2, -0.15) is 26.3 Å². The number of hydrogen-bond donors (Lipinski definition) is 3. The smallest absolute Gasteiger partial charge is 0.451 e. The fraction of sp³-hybridized carbons (Fsp3) is 0.500. The van der Waals surface area contributed by atoms with Crippen LogP contribution in [0.3, 0.4) is 0 Å². The van der Waals surface area contributed by atoms with Gasteiger partial charge in [-0.25, -0.2) is 9.97 Å². The van der Waals surface area contributed by atoms with E-state index in [1.54, 1.807) is 0 Å². The number of hydrogen-bond acceptors (Lipinski definition) is 7. The molecule has 0 aliphatic carbocycles. The van der Waals surface area contributed by atoms with Gasteiger partial charge in [0.05, 0.1) is 34.9 Å². The molecule has 1 aromatic heterocycles. The summed E-state index contributed by atoms with van der Waals surface area (Å²) in [7, 11) is 0. The van der Waals surface area contributed by atoms with Crippen molar-refractivity contribution in [1.29, 1.82) is 0 Å². The molecule has 0 spiro atoms. The Kier molecular flexibility index (Phi) is 5.51. The summed E-state index contributed by atoms with van der Waals surface area (Å²) in [6, 6.07) is -2.02. The Balaban J connectivity index is 1.67. The zero-order valence-corrected chi connectivity index (χ0v) is 17.6. The molecule has 1 aromatic rings. The number of amides is 1. The molecule has 3 unspecified atom stereocenters. The van der Waals surface area contributed by atoms with Gasteiger partial charge in [0, 0.05) is 6.54 Å². The Labute approximate surface area is 188 Å². The molecule has 34 heavy (non-hydrogen) atoms. The van der Waals surface area contributed by atoms with Crippen LogP contribution in [0.2, 0.25) is 0 Å². The fourth-order valence-electron chi connectivity index (χ4n) is 4.38. The number of carbonyl (C=O) groups is 2. The summed E-state index contributed by atoms with van der Waals surface area (Å²) in [5.41, 5.74) is -4.35. The molecule has 14 heteroatoms. The number of anilines is 1. The third-order valence-electron chi connectivity index (χ3n) is 6.23. The van der Waals surface area contributed by atoms with Crippen molar-refractivity contribution in [3.8, 4) is 0 Å². The highest BCUT2D eigenvalue weighted by molar-refractivity contribution is 6.26. The number of Topliss-reactive ketones (excluding diaryl/α,β-unsaturated/α-hetero) is 1. The summed E-state index contributed by atoms with van der Waals surface area (Å²) >= 11 is 0. The van der Waals surface area contributed by atoms with Gasteiger partial charge in [0.1, 0.15) is 11.6 Å². The second-order valence-corrected chi connectivity index (χ2v) is 8.54. The van der Waals surface area contributed by atoms with E-state index in [1.807, 2.05) is 0 Å². The van der Waals surface area contributed by atoms with Crippen molar-refractivity contribution in [3.05, 3.63) is 41.7 Å². The molecule has 4 rings (SSSR count). The number of nitrogens with zero attached hydrogens (tertiary/aromatic N) is 3. The Morgan fingerprint density at radius 3 is 2.50 bits per heavy atom. The minimum Gasteiger partial charge on any atom is -0.515 e. The van der Waals surface area contributed by atoms with Crippen LogP contribution in [0, 0.1) is 0 Å². The zero-order valence-electron chi connectivity index (χ0n) is 17.6. The number of fused-ring (bicyclic) bond motifs is 1. The molecule has 0 bridgehead atoms. The first-order chi connectivity index (χ1) is 15.7. The Morgan fingerprint density at radius 1 is 1.29 bits per heavy atom. The average Bonchev–Trinajstić information content (AvgIpc) is 3.08. The number of aliphatic hydroxyl groups is 1. The SMILES string of the molecule is C[C@]1(C(=O)C(=CO)C(=O)Nc2cnc(C(F)(F)F)nc2C23C=CC(C(F)(F)F)N2C3)CCCN1. The predicted molar refractivity (Wildman–Crippen MR) is 104 cm³/mol. The van der Waals surface area contributed by atoms with Gasteiger partial charge in [-0.1, -0.05) is 12.2 Å². The number of carbonyl (C=O) groups excluding carboxylic acids is 2. The Morgan fingerprint density at radius 2 is 2.00 bits per heavy atom. The van der Waals surface area contributed by atoms with E-state index in [1.165, 1.54) is 6.92 Å². The monoisotopic (exact) mass is 491 g/mol. The number of aromatic nitrogens is 2. The molecular weight excluding hydrogens is 472 g/mol. The van der Waals surface area contributed by atoms with Gasteiger partial charge in [0.2, 0.25) is 5.82 Å². The molecule has 2 fully saturated rings. The predicted octanol–water partition coefficient (Wildman–Crippen LogP) is 2.60. The topological polar surface area (TPSA) is 107 Å². The van der Waals surface area contributed by atoms with Crippen LogP contribution in [0.15, 0.2) is 30.2 Å². The number of alkyl halides is 6. The summed E-state index contributed by atoms with van der Waals surface area (Å²) in [4.78, 5) is 33.1. The van der Waals surface area contributed by atoms with Gasteiger partial charge in [-0.15, -0.1) is 0 Å². The second kappa shape index (κ2) is 7.77. The molecule has 4 heterocycles. The second-order valence-electron chi connectivity index (χ2n) is 8.54. The standard InChI is InChI=1S/C20H19F6N5O3/c1-17(4-2-6-28-17)14(33)10(8-32)15(34)29-11-7-27-16(20(24,25)26)30-13(11)18-5-3-12(19(21,22)23)31(18)9-18/h3,5,7-8,12,28,32H,2,4,6,9H2,1H3,(H,29,34)/t12?,17-,18?,31?/m1/s1. The van der Waals surface area contributed by atoms with Crippen molar-refractivity contribution in [3.63, 3.8) is 0 Å². The van der Waals surface area contributed by atoms with Gasteiger partial charge >= 0.3 is 12.4 Å². The highest BCUT2D eigenvalue weighted by atomic mass is 19.4. The van der Waals surface area contributed by atoms with E-state index in [-0.39, 0.29) is 12.8 Å². The lowest BCUT2D eigenvalue weighted by atomic mass is 9.89. The van der Waals surface area contributed by atoms with Gasteiger partial charge in [0.15, 0.2) is 5.78 Å². The maximum atomic E-state index is 13.3. The quantitative estimate of drug-likeness (QED) is 0.111. The number of halogens is 6. The molecule has 4 atom stereocenters. The molecule has 0 radical (unpaired) electrons. The van der Waals surface area contributed by atoms with Crippen LogP contribution >= 0.6 is 0 Å². The maximum Gasteiger partial charge on any atom is 0.451 e. The lowest BCUT2D eigenvalue weighted by Crippen LogP contribution is -2.47. The number of rotatable bonds is 5. The van der Waals surface area contributed by atoms with Crippen molar-refractivity contribution in [2.45, 2.75) is 49.2 Å². The summed E-state index contributed by atoms with van der Waals surface area (Å²) in [6.07, 6.45) is -5.84. The van der Waals surface area contributed by atoms with E-state index < -0.39 is 63.9 Å². The van der Waals surface area contributed by atoms with Crippen molar-refractivity contribution < 1.29 is 41.0 Å². The molecule has 184 valence electrons. The first-order valence-corrected chi connectivity index (χ1v) is 10.2. The number of ketones is 1. The van der Waals surface area contributed by atoms with E-state index in [4.69, 9.17) is 0 Å². The highest BCUT2D eigenvalue weighted by Crippen LogP contribution is 2.54. The van der Waals surface area contributed by atoms with E-state index in [0.29, 0.717) is 25.6 Å². The number of nitrogens with one attached hydrogen (secondary N) is 2. The number of aliphatic hydroxyl groups excluding tert-OH is 1. The molecule has 0 aromatic carbocycles. The molecule has 3 N–H and O–H groups in total. The summed E-state index contributed by atoms with van der Waals surface area (Å²) in [5.74, 6) is -3.50. The molecule has 3 aliphatic rings. The highest BCUT2D eigenvalue weighted by Gasteiger charge is 2.65. The zero-order chi connectivity index (χ0) is 25.1. The van der Waals surface area contributed by atoms with Gasteiger partial charge in [-0.05, 0) is 26.3 Å². The summed E-state index contributed by atoms with van der Waals surface area (Å²) < 4.78 is 79.5. The van der Waals surface area contributed by atoms with E-state index in [9.17, 15) is 41.0 Å². The van der Waals surface area contributed by atoms with Crippen LogP contribution in [-0.2, 0) is 21.3 Å². The Bertz CT molecular complexity index is 1090. The molecule has 0 saturated carbocycles. The van der Waals surface area contributed by atoms with Crippen molar-refractivity contribution in [2.24, 2.45) is 0 Å². The van der Waals surface area contributed by atoms with Crippen LogP contribution in [0.5, 0.6) is 0 Å². The van der Waals surface area contributed by atoms with Crippen LogP contribution < -0.4 is 10.6 Å². The van der Waals surface area contributed by atoms with Crippen LogP contribution in [-0.4, -0.2) is 62.5 Å². The summed E-state index contributed by atoms with van der Waals surface area (Å²) in [5, 5.41) is 14.7. The first kappa shape index (κ1) is 24.1. The molecule has 2 saturated heterocycles. The lowest BCUT2D eigenvalue weighted by Gasteiger charge is -2.23. The molecule has 3 aliphatic heterocycles. The minimum atomic E-state index is -4.99. The Hall–Kier alpha value is -3.00. The third-order valence-corrected chi connectivity index (χ3v) is 6.23. The lowest BCUT2D eigenvalue weighted by molar-refractivity contribution is -0.157. The molecule has 8 nitrogen and oxygen atoms in total. The van der Waals surface area contributed by atoms with Crippen LogP contribution in [0.1, 0.15) is 31.3 Å². The molecular formula is C20H19F6N5O3. The maximum absolute atomic E-state index is 13.3. The average molecular weight is 491 g/mol. The van der Waals surface area contributed by atoms with E-state index in [2.05, 4.69) is 20.6 Å². The third kappa shape index (κ3) is 3.94. The summed E-state index contributed by atoms with van der Waals surface area (Å²) in [6.45, 7) is 1.76. The normalized spacial score (nSPS) is 30.9. The van der Waals surface area contributed by atoms with Crippen molar-refractivity contribution in [2.75, 3.05) is 18.4 Å². The van der Waals surface area contributed by atoms with E-state index in [0.717, 1.165) is 17.1 Å². The van der Waals surface area contributed by atoms with Crippen molar-refractivity contribution in [1.82, 2.24) is 20.2 Å². The van der Waals surface area contributed by atoms with Crippen LogP contribution in [0.25, 0.3) is 0 Å². The largest absolute Gasteiger partial charge is 0.515 e. The molecule has 1 amide bonds. The van der Waals surface area contributed by atoms with Gasteiger partial charge in [0.25, 0.3) is 5.91 Å².